The van der Waals surface area contributed by atoms with E-state index in [4.69, 9.17) is 9.47 Å². The van der Waals surface area contributed by atoms with Gasteiger partial charge in [0.2, 0.25) is 6.79 Å². The van der Waals surface area contributed by atoms with Crippen molar-refractivity contribution in [1.29, 1.82) is 0 Å². The highest BCUT2D eigenvalue weighted by Gasteiger charge is 2.11. The van der Waals surface area contributed by atoms with Gasteiger partial charge >= 0.3 is 0 Å². The van der Waals surface area contributed by atoms with Crippen molar-refractivity contribution in [3.8, 4) is 11.5 Å². The Labute approximate surface area is 171 Å². The van der Waals surface area contributed by atoms with Gasteiger partial charge in [0.1, 0.15) is 5.78 Å². The quantitative estimate of drug-likeness (QED) is 0.276. The summed E-state index contributed by atoms with van der Waals surface area (Å²) < 4.78 is 10.7. The Morgan fingerprint density at radius 2 is 1.39 bits per heavy atom. The van der Waals surface area contributed by atoms with Crippen molar-refractivity contribution >= 4 is 11.9 Å². The second-order valence-corrected chi connectivity index (χ2v) is 8.00. The Balaban J connectivity index is 1.34. The van der Waals surface area contributed by atoms with E-state index in [1.54, 1.807) is 6.92 Å². The zero-order valence-electron chi connectivity index (χ0n) is 17.7. The number of unbranched alkanes of at least 4 members (excludes halogenated alkanes) is 12. The van der Waals surface area contributed by atoms with Crippen molar-refractivity contribution in [2.45, 2.75) is 96.8 Å². The van der Waals surface area contributed by atoms with Gasteiger partial charge in [0.05, 0.1) is 0 Å². The second-order valence-electron chi connectivity index (χ2n) is 8.00. The van der Waals surface area contributed by atoms with Gasteiger partial charge in [-0.25, -0.2) is 0 Å². The maximum atomic E-state index is 10.9. The molecule has 28 heavy (non-hydrogen) atoms. The fraction of sp³-hybridized carbons (Fsp3) is 0.640. The van der Waals surface area contributed by atoms with Gasteiger partial charge in [0.25, 0.3) is 0 Å². The van der Waals surface area contributed by atoms with Crippen LogP contribution in [-0.4, -0.2) is 12.6 Å². The third-order valence-corrected chi connectivity index (χ3v) is 5.36. The molecule has 0 bridgehead atoms. The van der Waals surface area contributed by atoms with E-state index in [0.29, 0.717) is 12.6 Å². The minimum Gasteiger partial charge on any atom is -0.454 e. The number of benzene rings is 1. The summed E-state index contributed by atoms with van der Waals surface area (Å²) in [4.78, 5) is 10.9. The lowest BCUT2D eigenvalue weighted by molar-refractivity contribution is -0.117. The van der Waals surface area contributed by atoms with Gasteiger partial charge < -0.3 is 14.3 Å². The van der Waals surface area contributed by atoms with Crippen LogP contribution >= 0.6 is 0 Å². The number of hydrogen-bond acceptors (Lipinski definition) is 3. The molecule has 0 aliphatic carbocycles. The van der Waals surface area contributed by atoms with Crippen LogP contribution in [0.15, 0.2) is 24.3 Å². The van der Waals surface area contributed by atoms with Crippen LogP contribution in [0.1, 0.15) is 102 Å². The molecule has 0 spiro atoms. The monoisotopic (exact) mass is 386 g/mol. The number of Topliss-reactive ketones (excluding diaryl/α,β-unsaturated/α-hetero) is 1. The molecule has 0 unspecified atom stereocenters. The average molecular weight is 387 g/mol. The van der Waals surface area contributed by atoms with Crippen molar-refractivity contribution in [1.82, 2.24) is 0 Å². The Morgan fingerprint density at radius 3 is 2.04 bits per heavy atom. The number of carbonyl (C=O) groups excluding carboxylic acids is 1. The molecular formula is C25H38O3. The molecule has 1 aromatic rings. The molecule has 2 rings (SSSR count). The van der Waals surface area contributed by atoms with E-state index in [-0.39, 0.29) is 0 Å². The van der Waals surface area contributed by atoms with Crippen LogP contribution in [0.25, 0.3) is 6.08 Å². The number of fused-ring (bicyclic) bond motifs is 1. The standard InChI is InChI=1S/C25H38O3/c1-22(26)16-14-12-10-8-6-4-2-3-5-7-9-11-13-15-17-23-18-19-24-25(20-23)28-21-27-24/h15,17-20H,2-14,16,21H2,1H3/b17-15+. The Kier molecular flexibility index (Phi) is 11.5. The Hall–Kier alpha value is -1.77. The lowest BCUT2D eigenvalue weighted by Gasteiger charge is -2.02. The van der Waals surface area contributed by atoms with E-state index in [1.165, 1.54) is 76.2 Å². The van der Waals surface area contributed by atoms with Crippen LogP contribution < -0.4 is 9.47 Å². The van der Waals surface area contributed by atoms with Gasteiger partial charge in [-0.15, -0.1) is 0 Å². The predicted molar refractivity (Wildman–Crippen MR) is 117 cm³/mol. The molecule has 1 aliphatic rings. The molecule has 3 heteroatoms. The SMILES string of the molecule is CC(=O)CCCCCCCCCCCCCC/C=C/c1ccc2c(c1)OCO2. The first kappa shape index (κ1) is 22.5. The predicted octanol–water partition coefficient (Wildman–Crippen LogP) is 7.48. The Bertz CT molecular complexity index is 591. The maximum absolute atomic E-state index is 10.9. The Morgan fingerprint density at radius 1 is 0.821 bits per heavy atom. The highest BCUT2D eigenvalue weighted by molar-refractivity contribution is 5.75. The molecule has 0 fully saturated rings. The van der Waals surface area contributed by atoms with E-state index in [1.807, 2.05) is 12.1 Å². The summed E-state index contributed by atoms with van der Waals surface area (Å²) >= 11 is 0. The van der Waals surface area contributed by atoms with E-state index in [2.05, 4.69) is 18.2 Å². The third-order valence-electron chi connectivity index (χ3n) is 5.36. The molecule has 0 aromatic heterocycles. The van der Waals surface area contributed by atoms with E-state index < -0.39 is 0 Å². The number of allylic oxidation sites excluding steroid dienone is 1. The minimum absolute atomic E-state index is 0.334. The summed E-state index contributed by atoms with van der Waals surface area (Å²) in [5.41, 5.74) is 1.18. The van der Waals surface area contributed by atoms with Crippen molar-refractivity contribution in [3.63, 3.8) is 0 Å². The topological polar surface area (TPSA) is 35.5 Å². The smallest absolute Gasteiger partial charge is 0.231 e. The molecule has 1 heterocycles. The molecule has 1 aromatic carbocycles. The zero-order valence-corrected chi connectivity index (χ0v) is 17.7. The molecule has 0 amide bonds. The number of ether oxygens (including phenoxy) is 2. The summed E-state index contributed by atoms with van der Waals surface area (Å²) in [6, 6.07) is 6.11. The van der Waals surface area contributed by atoms with E-state index in [0.717, 1.165) is 30.8 Å². The summed E-state index contributed by atoms with van der Waals surface area (Å²) in [5, 5.41) is 0. The summed E-state index contributed by atoms with van der Waals surface area (Å²) in [7, 11) is 0. The highest BCUT2D eigenvalue weighted by atomic mass is 16.7. The molecule has 156 valence electrons. The number of ketones is 1. The fourth-order valence-corrected chi connectivity index (χ4v) is 3.64. The number of carbonyl (C=O) groups is 1. The molecule has 0 saturated carbocycles. The van der Waals surface area contributed by atoms with Gasteiger partial charge in [-0.3, -0.25) is 0 Å². The molecule has 0 saturated heterocycles. The lowest BCUT2D eigenvalue weighted by Crippen LogP contribution is -1.92. The highest BCUT2D eigenvalue weighted by Crippen LogP contribution is 2.32. The first-order chi connectivity index (χ1) is 13.8. The molecule has 0 N–H and O–H groups in total. The molecule has 0 atom stereocenters. The molecule has 1 aliphatic heterocycles. The van der Waals surface area contributed by atoms with Crippen molar-refractivity contribution < 1.29 is 14.3 Å². The number of hydrogen-bond donors (Lipinski definition) is 0. The van der Waals surface area contributed by atoms with Gasteiger partial charge in [0.15, 0.2) is 11.5 Å². The fourth-order valence-electron chi connectivity index (χ4n) is 3.64. The molecular weight excluding hydrogens is 348 g/mol. The van der Waals surface area contributed by atoms with E-state index >= 15 is 0 Å². The number of rotatable bonds is 16. The van der Waals surface area contributed by atoms with Crippen molar-refractivity contribution in [2.75, 3.05) is 6.79 Å². The first-order valence-electron chi connectivity index (χ1n) is 11.3. The average Bonchev–Trinajstić information content (AvgIpc) is 3.15. The van der Waals surface area contributed by atoms with Crippen molar-refractivity contribution in [3.05, 3.63) is 29.8 Å². The van der Waals surface area contributed by atoms with Gasteiger partial charge in [0, 0.05) is 6.42 Å². The zero-order chi connectivity index (χ0) is 19.9. The van der Waals surface area contributed by atoms with Crippen LogP contribution in [0.5, 0.6) is 11.5 Å². The summed E-state index contributed by atoms with van der Waals surface area (Å²) in [6.45, 7) is 2.03. The lowest BCUT2D eigenvalue weighted by atomic mass is 10.0. The maximum Gasteiger partial charge on any atom is 0.231 e. The summed E-state index contributed by atoms with van der Waals surface area (Å²) in [6.07, 6.45) is 22.2. The van der Waals surface area contributed by atoms with Crippen LogP contribution in [0.4, 0.5) is 0 Å². The van der Waals surface area contributed by atoms with Gasteiger partial charge in [-0.1, -0.05) is 82.4 Å². The normalized spacial score (nSPS) is 12.8. The minimum atomic E-state index is 0.334. The van der Waals surface area contributed by atoms with Gasteiger partial charge in [-0.05, 0) is 43.9 Å². The van der Waals surface area contributed by atoms with E-state index in [9.17, 15) is 4.79 Å². The van der Waals surface area contributed by atoms with Crippen LogP contribution in [0.3, 0.4) is 0 Å². The first-order valence-corrected chi connectivity index (χ1v) is 11.3. The summed E-state index contributed by atoms with van der Waals surface area (Å²) in [5.74, 6) is 2.04. The van der Waals surface area contributed by atoms with Crippen LogP contribution in [0, 0.1) is 0 Å². The largest absolute Gasteiger partial charge is 0.454 e. The molecule has 0 radical (unpaired) electrons. The third kappa shape index (κ3) is 9.96. The van der Waals surface area contributed by atoms with Crippen LogP contribution in [0.2, 0.25) is 0 Å². The van der Waals surface area contributed by atoms with Crippen LogP contribution in [-0.2, 0) is 4.79 Å². The second kappa shape index (κ2) is 14.3. The molecule has 3 nitrogen and oxygen atoms in total. The van der Waals surface area contributed by atoms with Gasteiger partial charge in [-0.2, -0.15) is 0 Å². The van der Waals surface area contributed by atoms with Crippen molar-refractivity contribution in [2.24, 2.45) is 0 Å².